The standard InChI is InChI=1S/C18H25N3O2/c1-23-16-10-14-6-5-7-19-18(14)17(11-16)20-12-15(22)13-21-8-3-2-4-9-21/h5-7,10-11,15,20,22H,2-4,8-9,12-13H2,1H3/t15-/m1/s1. The van der Waals surface area contributed by atoms with E-state index in [4.69, 9.17) is 4.74 Å². The van der Waals surface area contributed by atoms with Crippen LogP contribution in [-0.4, -0.2) is 54.4 Å². The largest absolute Gasteiger partial charge is 0.497 e. The fourth-order valence-corrected chi connectivity index (χ4v) is 3.15. The fourth-order valence-electron chi connectivity index (χ4n) is 3.15. The topological polar surface area (TPSA) is 57.6 Å². The van der Waals surface area contributed by atoms with Gasteiger partial charge in [0.25, 0.3) is 0 Å². The summed E-state index contributed by atoms with van der Waals surface area (Å²) in [6.45, 7) is 3.43. The van der Waals surface area contributed by atoms with Crippen molar-refractivity contribution >= 4 is 16.6 Å². The molecule has 2 N–H and O–H groups in total. The third kappa shape index (κ3) is 4.12. The first kappa shape index (κ1) is 16.0. The van der Waals surface area contributed by atoms with Gasteiger partial charge in [-0.3, -0.25) is 4.98 Å². The highest BCUT2D eigenvalue weighted by Crippen LogP contribution is 2.27. The Morgan fingerprint density at radius 1 is 1.30 bits per heavy atom. The second kappa shape index (κ2) is 7.62. The van der Waals surface area contributed by atoms with E-state index in [1.165, 1.54) is 19.3 Å². The molecule has 23 heavy (non-hydrogen) atoms. The van der Waals surface area contributed by atoms with Gasteiger partial charge in [0.1, 0.15) is 5.75 Å². The number of aliphatic hydroxyl groups is 1. The number of likely N-dealkylation sites (tertiary alicyclic amines) is 1. The highest BCUT2D eigenvalue weighted by Gasteiger charge is 2.15. The Hall–Kier alpha value is -1.85. The van der Waals surface area contributed by atoms with Gasteiger partial charge in [0, 0.05) is 30.7 Å². The summed E-state index contributed by atoms with van der Waals surface area (Å²) < 4.78 is 5.35. The van der Waals surface area contributed by atoms with Crippen LogP contribution in [0.25, 0.3) is 10.9 Å². The third-order valence-electron chi connectivity index (χ3n) is 4.36. The molecule has 1 aromatic carbocycles. The lowest BCUT2D eigenvalue weighted by molar-refractivity contribution is 0.110. The number of benzene rings is 1. The number of hydrogen-bond acceptors (Lipinski definition) is 5. The van der Waals surface area contributed by atoms with Gasteiger partial charge in [-0.15, -0.1) is 0 Å². The van der Waals surface area contributed by atoms with Crippen molar-refractivity contribution in [3.8, 4) is 5.75 Å². The Kier molecular flexibility index (Phi) is 5.31. The average Bonchev–Trinajstić information content (AvgIpc) is 2.60. The summed E-state index contributed by atoms with van der Waals surface area (Å²) in [6.07, 6.45) is 5.18. The molecule has 1 saturated heterocycles. The first-order valence-corrected chi connectivity index (χ1v) is 8.33. The van der Waals surface area contributed by atoms with Crippen LogP contribution in [0.1, 0.15) is 19.3 Å². The van der Waals surface area contributed by atoms with Crippen LogP contribution in [0, 0.1) is 0 Å². The summed E-state index contributed by atoms with van der Waals surface area (Å²) in [5.74, 6) is 0.790. The van der Waals surface area contributed by atoms with Crippen molar-refractivity contribution in [1.82, 2.24) is 9.88 Å². The van der Waals surface area contributed by atoms with E-state index in [1.807, 2.05) is 24.3 Å². The molecule has 124 valence electrons. The summed E-state index contributed by atoms with van der Waals surface area (Å²) in [6, 6.07) is 7.83. The van der Waals surface area contributed by atoms with Crippen molar-refractivity contribution in [1.29, 1.82) is 0 Å². The Morgan fingerprint density at radius 3 is 2.91 bits per heavy atom. The number of rotatable bonds is 6. The molecule has 5 nitrogen and oxygen atoms in total. The maximum absolute atomic E-state index is 10.3. The summed E-state index contributed by atoms with van der Waals surface area (Å²) in [5, 5.41) is 14.7. The van der Waals surface area contributed by atoms with Gasteiger partial charge in [-0.2, -0.15) is 0 Å². The molecule has 1 fully saturated rings. The quantitative estimate of drug-likeness (QED) is 0.858. The minimum absolute atomic E-state index is 0.391. The van der Waals surface area contributed by atoms with Crippen molar-refractivity contribution in [2.45, 2.75) is 25.4 Å². The van der Waals surface area contributed by atoms with Crippen LogP contribution >= 0.6 is 0 Å². The van der Waals surface area contributed by atoms with E-state index in [1.54, 1.807) is 13.3 Å². The van der Waals surface area contributed by atoms with Gasteiger partial charge in [-0.05, 0) is 38.1 Å². The number of nitrogens with zero attached hydrogens (tertiary/aromatic N) is 2. The number of β-amino-alcohol motifs (C(OH)–C–C–N with tert-alkyl or cyclic N) is 1. The summed E-state index contributed by atoms with van der Waals surface area (Å²) in [4.78, 5) is 6.79. The van der Waals surface area contributed by atoms with E-state index in [0.717, 1.165) is 42.0 Å². The number of methoxy groups -OCH3 is 1. The Morgan fingerprint density at radius 2 is 2.13 bits per heavy atom. The molecule has 0 spiro atoms. The van der Waals surface area contributed by atoms with E-state index in [0.29, 0.717) is 6.54 Å². The molecule has 0 aliphatic carbocycles. The molecule has 0 unspecified atom stereocenters. The number of anilines is 1. The molecule has 3 rings (SSSR count). The van der Waals surface area contributed by atoms with Crippen molar-refractivity contribution in [2.24, 2.45) is 0 Å². The predicted octanol–water partition coefficient (Wildman–Crippen LogP) is 2.50. The zero-order valence-corrected chi connectivity index (χ0v) is 13.7. The van der Waals surface area contributed by atoms with Crippen molar-refractivity contribution in [3.05, 3.63) is 30.5 Å². The monoisotopic (exact) mass is 315 g/mol. The van der Waals surface area contributed by atoms with E-state index in [-0.39, 0.29) is 0 Å². The van der Waals surface area contributed by atoms with Gasteiger partial charge >= 0.3 is 0 Å². The van der Waals surface area contributed by atoms with E-state index >= 15 is 0 Å². The maximum atomic E-state index is 10.3. The number of ether oxygens (including phenoxy) is 1. The Labute approximate surface area is 137 Å². The fraction of sp³-hybridized carbons (Fsp3) is 0.500. The smallest absolute Gasteiger partial charge is 0.121 e. The molecule has 0 saturated carbocycles. The second-order valence-electron chi connectivity index (χ2n) is 6.15. The van der Waals surface area contributed by atoms with Crippen molar-refractivity contribution in [3.63, 3.8) is 0 Å². The molecule has 2 heterocycles. The zero-order valence-electron chi connectivity index (χ0n) is 13.7. The highest BCUT2D eigenvalue weighted by atomic mass is 16.5. The summed E-state index contributed by atoms with van der Waals surface area (Å²) in [5.41, 5.74) is 1.80. The van der Waals surface area contributed by atoms with Gasteiger partial charge in [0.05, 0.1) is 24.4 Å². The molecule has 0 radical (unpaired) electrons. The van der Waals surface area contributed by atoms with Gasteiger partial charge in [0.2, 0.25) is 0 Å². The molecular weight excluding hydrogens is 290 g/mol. The van der Waals surface area contributed by atoms with Crippen LogP contribution in [0.2, 0.25) is 0 Å². The number of piperidine rings is 1. The van der Waals surface area contributed by atoms with Crippen LogP contribution in [-0.2, 0) is 0 Å². The molecule has 1 aromatic heterocycles. The lowest BCUT2D eigenvalue weighted by Crippen LogP contribution is -2.39. The molecule has 1 aliphatic heterocycles. The molecule has 1 aliphatic rings. The van der Waals surface area contributed by atoms with Gasteiger partial charge < -0.3 is 20.1 Å². The SMILES string of the molecule is COc1cc(NC[C@@H](O)CN2CCCCC2)c2ncccc2c1. The van der Waals surface area contributed by atoms with Gasteiger partial charge in [0.15, 0.2) is 0 Å². The molecular formula is C18H25N3O2. The zero-order chi connectivity index (χ0) is 16.1. The average molecular weight is 315 g/mol. The number of nitrogens with one attached hydrogen (secondary N) is 1. The first-order valence-electron chi connectivity index (χ1n) is 8.33. The number of hydrogen-bond donors (Lipinski definition) is 2. The summed E-state index contributed by atoms with van der Waals surface area (Å²) in [7, 11) is 1.66. The van der Waals surface area contributed by atoms with Crippen LogP contribution in [0.15, 0.2) is 30.5 Å². The predicted molar refractivity (Wildman–Crippen MR) is 93.1 cm³/mol. The van der Waals surface area contributed by atoms with Crippen LogP contribution < -0.4 is 10.1 Å². The number of aliphatic hydroxyl groups excluding tert-OH is 1. The van der Waals surface area contributed by atoms with Gasteiger partial charge in [-0.1, -0.05) is 12.5 Å². The van der Waals surface area contributed by atoms with Crippen LogP contribution in [0.5, 0.6) is 5.75 Å². The normalized spacial score (nSPS) is 17.1. The number of pyridine rings is 1. The number of fused-ring (bicyclic) bond motifs is 1. The van der Waals surface area contributed by atoms with Crippen LogP contribution in [0.4, 0.5) is 5.69 Å². The third-order valence-corrected chi connectivity index (χ3v) is 4.36. The maximum Gasteiger partial charge on any atom is 0.121 e. The van der Waals surface area contributed by atoms with Gasteiger partial charge in [-0.25, -0.2) is 0 Å². The minimum Gasteiger partial charge on any atom is -0.497 e. The lowest BCUT2D eigenvalue weighted by Gasteiger charge is -2.28. The first-order chi connectivity index (χ1) is 11.3. The van der Waals surface area contributed by atoms with E-state index < -0.39 is 6.10 Å². The van der Waals surface area contributed by atoms with Crippen molar-refractivity contribution in [2.75, 3.05) is 38.6 Å². The minimum atomic E-state index is -0.391. The molecule has 0 amide bonds. The lowest BCUT2D eigenvalue weighted by atomic mass is 10.1. The Bertz CT molecular complexity index is 641. The van der Waals surface area contributed by atoms with Crippen molar-refractivity contribution < 1.29 is 9.84 Å². The second-order valence-corrected chi connectivity index (χ2v) is 6.15. The van der Waals surface area contributed by atoms with E-state index in [2.05, 4.69) is 15.2 Å². The van der Waals surface area contributed by atoms with E-state index in [9.17, 15) is 5.11 Å². The molecule has 2 aromatic rings. The van der Waals surface area contributed by atoms with Crippen LogP contribution in [0.3, 0.4) is 0 Å². The molecule has 5 heteroatoms. The molecule has 1 atom stereocenters. The summed E-state index contributed by atoms with van der Waals surface area (Å²) >= 11 is 0. The highest BCUT2D eigenvalue weighted by molar-refractivity contribution is 5.91. The number of aromatic nitrogens is 1. The molecule has 0 bridgehead atoms. The Balaban J connectivity index is 1.66.